The molecule has 19 heavy (non-hydrogen) atoms. The molecule has 0 atom stereocenters. The molecule has 1 aromatic carbocycles. The second-order valence-corrected chi connectivity index (χ2v) is 3.86. The Morgan fingerprint density at radius 2 is 2.16 bits per heavy atom. The number of hydrogen-bond donors (Lipinski definition) is 0. The SMILES string of the molecule is N#Cc1cc([N+](=O)[O-])ccc1Oc1ccc(Cl)nc1. The third kappa shape index (κ3) is 2.97. The van der Waals surface area contributed by atoms with Gasteiger partial charge in [-0.2, -0.15) is 5.26 Å². The van der Waals surface area contributed by atoms with E-state index in [4.69, 9.17) is 21.6 Å². The van der Waals surface area contributed by atoms with Gasteiger partial charge >= 0.3 is 0 Å². The Hall–Kier alpha value is -2.65. The van der Waals surface area contributed by atoms with E-state index in [2.05, 4.69) is 4.98 Å². The number of nitrogens with zero attached hydrogens (tertiary/aromatic N) is 3. The fraction of sp³-hybridized carbons (Fsp3) is 0. The summed E-state index contributed by atoms with van der Waals surface area (Å²) in [6.45, 7) is 0. The van der Waals surface area contributed by atoms with Gasteiger partial charge in [0.2, 0.25) is 0 Å². The Morgan fingerprint density at radius 3 is 2.74 bits per heavy atom. The van der Waals surface area contributed by atoms with E-state index in [1.807, 2.05) is 6.07 Å². The molecule has 0 aliphatic rings. The highest BCUT2D eigenvalue weighted by molar-refractivity contribution is 6.29. The topological polar surface area (TPSA) is 89.0 Å². The number of hydrogen-bond acceptors (Lipinski definition) is 5. The van der Waals surface area contributed by atoms with Gasteiger partial charge in [0.15, 0.2) is 0 Å². The zero-order valence-corrected chi connectivity index (χ0v) is 10.2. The van der Waals surface area contributed by atoms with Crippen LogP contribution >= 0.6 is 11.6 Å². The van der Waals surface area contributed by atoms with Gasteiger partial charge in [0.25, 0.3) is 5.69 Å². The molecule has 1 heterocycles. The smallest absolute Gasteiger partial charge is 0.271 e. The zero-order valence-electron chi connectivity index (χ0n) is 9.41. The number of pyridine rings is 1. The first-order chi connectivity index (χ1) is 9.10. The first-order valence-corrected chi connectivity index (χ1v) is 5.46. The average molecular weight is 276 g/mol. The Balaban J connectivity index is 2.33. The summed E-state index contributed by atoms with van der Waals surface area (Å²) < 4.78 is 5.42. The van der Waals surface area contributed by atoms with E-state index >= 15 is 0 Å². The summed E-state index contributed by atoms with van der Waals surface area (Å²) in [6, 6.07) is 8.75. The van der Waals surface area contributed by atoms with Crippen molar-refractivity contribution < 1.29 is 9.66 Å². The first kappa shape index (κ1) is 12.8. The summed E-state index contributed by atoms with van der Waals surface area (Å²) in [5.74, 6) is 0.604. The summed E-state index contributed by atoms with van der Waals surface area (Å²) in [7, 11) is 0. The molecule has 7 heteroatoms. The van der Waals surface area contributed by atoms with Gasteiger partial charge in [0, 0.05) is 12.1 Å². The van der Waals surface area contributed by atoms with Gasteiger partial charge < -0.3 is 4.74 Å². The van der Waals surface area contributed by atoms with E-state index in [0.29, 0.717) is 10.9 Å². The van der Waals surface area contributed by atoms with Crippen LogP contribution in [0, 0.1) is 21.4 Å². The van der Waals surface area contributed by atoms with Crippen LogP contribution in [0.25, 0.3) is 0 Å². The third-order valence-corrected chi connectivity index (χ3v) is 2.45. The van der Waals surface area contributed by atoms with Crippen LogP contribution in [-0.2, 0) is 0 Å². The maximum absolute atomic E-state index is 10.6. The van der Waals surface area contributed by atoms with E-state index < -0.39 is 4.92 Å². The Kier molecular flexibility index (Phi) is 3.59. The fourth-order valence-corrected chi connectivity index (χ4v) is 1.47. The Bertz CT molecular complexity index is 665. The van der Waals surface area contributed by atoms with Crippen LogP contribution in [0.3, 0.4) is 0 Å². The van der Waals surface area contributed by atoms with Crippen molar-refractivity contribution in [3.05, 3.63) is 57.4 Å². The number of nitro benzene ring substituents is 1. The lowest BCUT2D eigenvalue weighted by molar-refractivity contribution is -0.384. The molecule has 0 fully saturated rings. The number of benzene rings is 1. The van der Waals surface area contributed by atoms with Crippen LogP contribution in [0.4, 0.5) is 5.69 Å². The monoisotopic (exact) mass is 275 g/mol. The first-order valence-electron chi connectivity index (χ1n) is 5.08. The molecular weight excluding hydrogens is 270 g/mol. The highest BCUT2D eigenvalue weighted by atomic mass is 35.5. The number of aromatic nitrogens is 1. The van der Waals surface area contributed by atoms with Gasteiger partial charge in [-0.3, -0.25) is 10.1 Å². The van der Waals surface area contributed by atoms with Gasteiger partial charge in [-0.1, -0.05) is 11.6 Å². The van der Waals surface area contributed by atoms with Crippen molar-refractivity contribution in [1.82, 2.24) is 4.98 Å². The van der Waals surface area contributed by atoms with Crippen molar-refractivity contribution in [1.29, 1.82) is 5.26 Å². The molecule has 0 unspecified atom stereocenters. The Morgan fingerprint density at radius 1 is 1.37 bits per heavy atom. The number of halogens is 1. The van der Waals surface area contributed by atoms with Crippen LogP contribution in [-0.4, -0.2) is 9.91 Å². The predicted molar refractivity (Wildman–Crippen MR) is 67.1 cm³/mol. The van der Waals surface area contributed by atoms with Crippen LogP contribution in [0.5, 0.6) is 11.5 Å². The third-order valence-electron chi connectivity index (χ3n) is 2.22. The number of nitro groups is 1. The normalized spacial score (nSPS) is 9.68. The lowest BCUT2D eigenvalue weighted by Gasteiger charge is -2.06. The number of rotatable bonds is 3. The zero-order chi connectivity index (χ0) is 13.8. The molecule has 0 amide bonds. The van der Waals surface area contributed by atoms with Gasteiger partial charge in [-0.15, -0.1) is 0 Å². The molecule has 0 radical (unpaired) electrons. The lowest BCUT2D eigenvalue weighted by Crippen LogP contribution is -1.92. The standard InChI is InChI=1S/C12H6ClN3O3/c13-12-4-2-10(7-15-12)19-11-3-1-9(16(17)18)5-8(11)6-14/h1-5,7H. The van der Waals surface area contributed by atoms with Gasteiger partial charge in [-0.25, -0.2) is 4.98 Å². The second kappa shape index (κ2) is 5.33. The number of ether oxygens (including phenoxy) is 1. The lowest BCUT2D eigenvalue weighted by atomic mass is 10.2. The van der Waals surface area contributed by atoms with Crippen molar-refractivity contribution >= 4 is 17.3 Å². The van der Waals surface area contributed by atoms with E-state index in [1.165, 1.54) is 24.4 Å². The predicted octanol–water partition coefficient (Wildman–Crippen LogP) is 3.31. The maximum atomic E-state index is 10.6. The van der Waals surface area contributed by atoms with Gasteiger partial charge in [0.1, 0.15) is 28.3 Å². The summed E-state index contributed by atoms with van der Waals surface area (Å²) in [5, 5.41) is 19.9. The van der Waals surface area contributed by atoms with Crippen LogP contribution in [0.2, 0.25) is 5.15 Å². The van der Waals surface area contributed by atoms with Crippen LogP contribution in [0.15, 0.2) is 36.5 Å². The highest BCUT2D eigenvalue weighted by Gasteiger charge is 2.12. The quantitative estimate of drug-likeness (QED) is 0.487. The molecule has 0 saturated heterocycles. The summed E-state index contributed by atoms with van der Waals surface area (Å²) in [4.78, 5) is 13.9. The minimum Gasteiger partial charge on any atom is -0.454 e. The molecule has 0 bridgehead atoms. The molecular formula is C12H6ClN3O3. The van der Waals surface area contributed by atoms with Crippen molar-refractivity contribution in [2.24, 2.45) is 0 Å². The molecule has 6 nitrogen and oxygen atoms in total. The minimum absolute atomic E-state index is 0.0733. The Labute approximate surface area is 113 Å². The van der Waals surface area contributed by atoms with E-state index in [-0.39, 0.29) is 17.0 Å². The van der Waals surface area contributed by atoms with E-state index in [9.17, 15) is 10.1 Å². The van der Waals surface area contributed by atoms with Crippen molar-refractivity contribution in [2.75, 3.05) is 0 Å². The largest absolute Gasteiger partial charge is 0.454 e. The molecule has 94 valence electrons. The van der Waals surface area contributed by atoms with E-state index in [0.717, 1.165) is 6.07 Å². The molecule has 0 saturated carbocycles. The molecule has 2 rings (SSSR count). The molecule has 0 N–H and O–H groups in total. The van der Waals surface area contributed by atoms with Crippen molar-refractivity contribution in [3.8, 4) is 17.6 Å². The molecule has 2 aromatic rings. The van der Waals surface area contributed by atoms with Crippen LogP contribution < -0.4 is 4.74 Å². The highest BCUT2D eigenvalue weighted by Crippen LogP contribution is 2.28. The van der Waals surface area contributed by atoms with Crippen molar-refractivity contribution in [3.63, 3.8) is 0 Å². The summed E-state index contributed by atoms with van der Waals surface area (Å²) in [6.07, 6.45) is 1.39. The van der Waals surface area contributed by atoms with Crippen LogP contribution in [0.1, 0.15) is 5.56 Å². The summed E-state index contributed by atoms with van der Waals surface area (Å²) >= 11 is 5.63. The number of non-ortho nitro benzene ring substituents is 1. The average Bonchev–Trinajstić information content (AvgIpc) is 2.41. The van der Waals surface area contributed by atoms with Crippen molar-refractivity contribution in [2.45, 2.75) is 0 Å². The van der Waals surface area contributed by atoms with Gasteiger partial charge in [0.05, 0.1) is 11.1 Å². The summed E-state index contributed by atoms with van der Waals surface area (Å²) in [5.41, 5.74) is -0.0951. The number of nitriles is 1. The van der Waals surface area contributed by atoms with Gasteiger partial charge in [-0.05, 0) is 18.2 Å². The molecule has 1 aromatic heterocycles. The maximum Gasteiger partial charge on any atom is 0.271 e. The molecule has 0 aliphatic carbocycles. The fourth-order valence-electron chi connectivity index (χ4n) is 1.36. The minimum atomic E-state index is -0.575. The molecule has 0 spiro atoms. The molecule has 0 aliphatic heterocycles. The van der Waals surface area contributed by atoms with E-state index in [1.54, 1.807) is 6.07 Å². The second-order valence-electron chi connectivity index (χ2n) is 3.47.